The number of fused-ring (bicyclic) bond motifs is 1. The molecule has 0 spiro atoms. The van der Waals surface area contributed by atoms with Gasteiger partial charge in [-0.15, -0.1) is 17.9 Å². The Kier molecular flexibility index (Phi) is 9.53. The second-order valence-electron chi connectivity index (χ2n) is 11.5. The Labute approximate surface area is 267 Å². The Bertz CT molecular complexity index is 1640. The van der Waals surface area contributed by atoms with Gasteiger partial charge >= 0.3 is 12.1 Å². The number of nitrogens with zero attached hydrogens (tertiary/aromatic N) is 4. The van der Waals surface area contributed by atoms with Gasteiger partial charge in [-0.05, 0) is 35.9 Å². The summed E-state index contributed by atoms with van der Waals surface area (Å²) in [5, 5.41) is 25.1. The highest BCUT2D eigenvalue weighted by Gasteiger charge is 2.61. The lowest BCUT2D eigenvalue weighted by Gasteiger charge is -2.33. The Morgan fingerprint density at radius 1 is 1.22 bits per heavy atom. The lowest BCUT2D eigenvalue weighted by atomic mass is 10.0. The van der Waals surface area contributed by atoms with Gasteiger partial charge in [0.1, 0.15) is 42.7 Å². The minimum Gasteiger partial charge on any atom is -0.479 e. The third-order valence-corrected chi connectivity index (χ3v) is 8.96. The van der Waals surface area contributed by atoms with Gasteiger partial charge in [-0.3, -0.25) is 14.8 Å². The van der Waals surface area contributed by atoms with Gasteiger partial charge in [0.15, 0.2) is 0 Å². The number of aromatic nitrogens is 2. The molecule has 1 aromatic carbocycles. The number of para-hydroxylation sites is 2. The fourth-order valence-electron chi connectivity index (χ4n) is 5.64. The van der Waals surface area contributed by atoms with Gasteiger partial charge in [0.2, 0.25) is 17.7 Å². The highest BCUT2D eigenvalue weighted by atomic mass is 32.1. The van der Waals surface area contributed by atoms with Crippen molar-refractivity contribution in [2.75, 3.05) is 19.8 Å². The lowest BCUT2D eigenvalue weighted by molar-refractivity contribution is -0.162. The molecule has 13 nitrogen and oxygen atoms in total. The molecule has 244 valence electrons. The van der Waals surface area contributed by atoms with Gasteiger partial charge in [0.25, 0.3) is 0 Å². The van der Waals surface area contributed by atoms with E-state index in [1.165, 1.54) is 17.4 Å². The van der Waals surface area contributed by atoms with E-state index in [4.69, 9.17) is 9.72 Å². The zero-order chi connectivity index (χ0) is 33.2. The first kappa shape index (κ1) is 32.8. The van der Waals surface area contributed by atoms with Crippen LogP contribution in [0.15, 0.2) is 54.4 Å². The van der Waals surface area contributed by atoms with E-state index < -0.39 is 72.7 Å². The van der Waals surface area contributed by atoms with E-state index in [0.717, 1.165) is 9.78 Å². The van der Waals surface area contributed by atoms with Crippen molar-refractivity contribution in [3.63, 3.8) is 0 Å². The van der Waals surface area contributed by atoms with Crippen molar-refractivity contribution in [2.24, 2.45) is 11.8 Å². The number of hydrogen-bond donors (Lipinski definition) is 3. The summed E-state index contributed by atoms with van der Waals surface area (Å²) in [5.74, 6) is -3.80. The number of amides is 3. The molecule has 5 atom stereocenters. The van der Waals surface area contributed by atoms with Gasteiger partial charge in [0, 0.05) is 12.3 Å². The maximum Gasteiger partial charge on any atom is 0.434 e. The number of likely N-dealkylation sites (tertiary alicyclic amines) is 1. The number of benzene rings is 1. The second-order valence-corrected chi connectivity index (χ2v) is 12.4. The number of carboxylic acids is 1. The molecule has 1 aliphatic carbocycles. The molecule has 2 aliphatic rings. The van der Waals surface area contributed by atoms with Crippen molar-refractivity contribution in [1.29, 1.82) is 0 Å². The van der Waals surface area contributed by atoms with Crippen molar-refractivity contribution in [3.05, 3.63) is 54.4 Å². The number of carbonyl (C=O) groups excluding carboxylic acids is 3. The first-order valence-electron chi connectivity index (χ1n) is 14.7. The maximum absolute atomic E-state index is 14.0. The van der Waals surface area contributed by atoms with E-state index in [1.54, 1.807) is 26.0 Å². The zero-order valence-electron chi connectivity index (χ0n) is 25.2. The van der Waals surface area contributed by atoms with E-state index in [-0.39, 0.29) is 30.3 Å². The predicted octanol–water partition coefficient (Wildman–Crippen LogP) is 3.67. The molecule has 1 saturated heterocycles. The molecule has 3 aromatic rings. The van der Waals surface area contributed by atoms with Gasteiger partial charge in [-0.1, -0.05) is 38.1 Å². The molecule has 3 N–H and O–H groups in total. The summed E-state index contributed by atoms with van der Waals surface area (Å²) in [6.07, 6.45) is -0.630. The van der Waals surface area contributed by atoms with Crippen LogP contribution >= 0.6 is 11.3 Å². The molecule has 3 amide bonds. The zero-order valence-corrected chi connectivity index (χ0v) is 26.0. The number of aliphatic carboxylic acids is 1. The molecule has 1 aliphatic heterocycles. The molecule has 15 heteroatoms. The van der Waals surface area contributed by atoms with Crippen LogP contribution in [0.5, 0.6) is 5.88 Å². The van der Waals surface area contributed by atoms with Crippen molar-refractivity contribution < 1.29 is 43.4 Å². The minimum atomic E-state index is -1.57. The van der Waals surface area contributed by atoms with Crippen molar-refractivity contribution in [2.45, 2.75) is 50.4 Å². The molecule has 0 bridgehead atoms. The van der Waals surface area contributed by atoms with Gasteiger partial charge in [0.05, 0.1) is 22.5 Å². The molecular weight excluding hydrogens is 621 g/mol. The molecule has 3 heterocycles. The van der Waals surface area contributed by atoms with E-state index in [2.05, 4.69) is 21.6 Å². The van der Waals surface area contributed by atoms with Crippen molar-refractivity contribution >= 4 is 46.2 Å². The largest absolute Gasteiger partial charge is 0.479 e. The van der Waals surface area contributed by atoms with Crippen LogP contribution in [0.3, 0.4) is 0 Å². The van der Waals surface area contributed by atoms with Gasteiger partial charge < -0.3 is 24.8 Å². The van der Waals surface area contributed by atoms with Crippen LogP contribution < -0.4 is 10.1 Å². The van der Waals surface area contributed by atoms with Crippen LogP contribution in [0, 0.1) is 11.8 Å². The quantitative estimate of drug-likeness (QED) is 0.149. The number of ether oxygens (including phenoxy) is 2. The summed E-state index contributed by atoms with van der Waals surface area (Å²) >= 11 is 1.43. The molecule has 1 saturated carbocycles. The summed E-state index contributed by atoms with van der Waals surface area (Å²) in [6, 6.07) is 8.19. The average molecular weight is 656 g/mol. The molecule has 46 heavy (non-hydrogen) atoms. The standard InChI is InChI=1S/C31H34FN5O8S/c1-4-18-15-31(18,29(40)41)35-26(38)22-14-19(16-36(22)28(39)25(17(2)3)37(43)30(42)44-12-11-32)45-27-24(23-10-7-13-46-23)33-20-8-5-6-9-21(20)34-27/h4-10,13,17-19,22,25,43H,1,11-12,14-16H2,2-3H3,(H,35,38)(H,40,41)/t18-,19-,22+,25?,31?/m1/s1. The van der Waals surface area contributed by atoms with Gasteiger partial charge in [-0.25, -0.2) is 23.9 Å². The van der Waals surface area contributed by atoms with E-state index in [1.807, 2.05) is 29.6 Å². The number of halogens is 1. The van der Waals surface area contributed by atoms with E-state index in [0.29, 0.717) is 16.7 Å². The maximum atomic E-state index is 14.0. The molecule has 2 unspecified atom stereocenters. The first-order valence-corrected chi connectivity index (χ1v) is 15.5. The highest BCUT2D eigenvalue weighted by Crippen LogP contribution is 2.45. The fourth-order valence-corrected chi connectivity index (χ4v) is 6.34. The average Bonchev–Trinajstić information content (AvgIpc) is 3.33. The highest BCUT2D eigenvalue weighted by molar-refractivity contribution is 7.13. The number of hydroxylamine groups is 2. The number of nitrogens with one attached hydrogen (secondary N) is 1. The van der Waals surface area contributed by atoms with Crippen LogP contribution in [-0.4, -0.2) is 97.7 Å². The summed E-state index contributed by atoms with van der Waals surface area (Å²) in [6.45, 7) is 5.01. The number of carboxylic acid groups (broad SMARTS) is 1. The number of alkyl halides is 1. The van der Waals surface area contributed by atoms with Gasteiger partial charge in [-0.2, -0.15) is 5.06 Å². The molecular formula is C31H34FN5O8S. The number of carbonyl (C=O) groups is 4. The Morgan fingerprint density at radius 2 is 1.93 bits per heavy atom. The molecule has 2 fully saturated rings. The predicted molar refractivity (Wildman–Crippen MR) is 164 cm³/mol. The molecule has 5 rings (SSSR count). The molecule has 2 aromatic heterocycles. The third-order valence-electron chi connectivity index (χ3n) is 8.08. The topological polar surface area (TPSA) is 171 Å². The van der Waals surface area contributed by atoms with Crippen LogP contribution in [-0.2, 0) is 19.1 Å². The minimum absolute atomic E-state index is 0.0625. The van der Waals surface area contributed by atoms with E-state index in [9.17, 15) is 33.9 Å². The summed E-state index contributed by atoms with van der Waals surface area (Å²) in [7, 11) is 0. The number of rotatable bonds is 12. The SMILES string of the molecule is C=C[C@@H]1CC1(NC(=O)[C@@H]1C[C@@H](Oc2nc3ccccc3nc2-c2cccs2)CN1C(=O)C(C(C)C)N(O)C(=O)OCCF)C(=O)O. The smallest absolute Gasteiger partial charge is 0.434 e. The van der Waals surface area contributed by atoms with Crippen LogP contribution in [0.25, 0.3) is 21.6 Å². The Hall–Kier alpha value is -4.63. The Morgan fingerprint density at radius 3 is 2.52 bits per heavy atom. The summed E-state index contributed by atoms with van der Waals surface area (Å²) < 4.78 is 23.7. The van der Waals surface area contributed by atoms with Crippen molar-refractivity contribution in [1.82, 2.24) is 25.2 Å². The summed E-state index contributed by atoms with van der Waals surface area (Å²) in [4.78, 5) is 63.7. The van der Waals surface area contributed by atoms with Crippen LogP contribution in [0.2, 0.25) is 0 Å². The molecule has 0 radical (unpaired) electrons. The second kappa shape index (κ2) is 13.4. The third kappa shape index (κ3) is 6.37. The monoisotopic (exact) mass is 655 g/mol. The Balaban J connectivity index is 1.47. The number of hydrogen-bond acceptors (Lipinski definition) is 10. The summed E-state index contributed by atoms with van der Waals surface area (Å²) in [5.41, 5.74) is 0.0992. The van der Waals surface area contributed by atoms with Crippen molar-refractivity contribution in [3.8, 4) is 16.5 Å². The normalized spacial score (nSPS) is 22.7. The van der Waals surface area contributed by atoms with Crippen LogP contribution in [0.4, 0.5) is 9.18 Å². The van der Waals surface area contributed by atoms with E-state index >= 15 is 0 Å². The fraction of sp³-hybridized carbons (Fsp3) is 0.419. The lowest BCUT2D eigenvalue weighted by Crippen LogP contribution is -2.57. The first-order chi connectivity index (χ1) is 22.0. The number of thiophene rings is 1. The van der Waals surface area contributed by atoms with Crippen LogP contribution in [0.1, 0.15) is 26.7 Å².